The molecule has 0 saturated heterocycles. The fraction of sp³-hybridized carbons (Fsp3) is 0.0833. The maximum absolute atomic E-state index is 11.9. The summed E-state index contributed by atoms with van der Waals surface area (Å²) in [5.41, 5.74) is 0.679. The highest BCUT2D eigenvalue weighted by Crippen LogP contribution is 2.34. The van der Waals surface area contributed by atoms with Crippen molar-refractivity contribution in [3.05, 3.63) is 34.5 Å². The normalized spacial score (nSPS) is 12.5. The summed E-state index contributed by atoms with van der Waals surface area (Å²) in [6.07, 6.45) is 0. The first-order chi connectivity index (χ1) is 8.72. The second kappa shape index (κ2) is 4.55. The molecule has 0 saturated carbocycles. The molecule has 0 spiro atoms. The smallest absolute Gasteiger partial charge is 0.265 e. The Kier molecular flexibility index (Phi) is 2.89. The number of carbonyl (C=O) groups is 1. The van der Waals surface area contributed by atoms with Gasteiger partial charge in [-0.2, -0.15) is 0 Å². The molecule has 18 heavy (non-hydrogen) atoms. The minimum atomic E-state index is -0.154. The Hall–Kier alpha value is -1.66. The standard InChI is InChI=1S/C12H9NO3S2/c14-12(11-4-8(17)5-18-11)13-7-1-2-9-10(3-7)16-6-15-9/h1-5,17H,6H2,(H,13,14). The van der Waals surface area contributed by atoms with Crippen LogP contribution in [0.4, 0.5) is 5.69 Å². The van der Waals surface area contributed by atoms with Crippen LogP contribution in [-0.4, -0.2) is 12.7 Å². The minimum absolute atomic E-state index is 0.154. The molecule has 3 rings (SSSR count). The van der Waals surface area contributed by atoms with Gasteiger partial charge in [0.05, 0.1) is 4.88 Å². The zero-order valence-electron chi connectivity index (χ0n) is 9.17. The molecule has 1 aliphatic heterocycles. The second-order valence-electron chi connectivity index (χ2n) is 3.69. The average molecular weight is 279 g/mol. The molecular formula is C12H9NO3S2. The van der Waals surface area contributed by atoms with E-state index in [0.29, 0.717) is 22.1 Å². The van der Waals surface area contributed by atoms with Crippen molar-refractivity contribution in [1.82, 2.24) is 0 Å². The number of anilines is 1. The molecule has 0 aliphatic carbocycles. The van der Waals surface area contributed by atoms with Gasteiger partial charge in [0, 0.05) is 22.0 Å². The van der Waals surface area contributed by atoms with E-state index < -0.39 is 0 Å². The summed E-state index contributed by atoms with van der Waals surface area (Å²) in [6.45, 7) is 0.223. The molecule has 1 aromatic heterocycles. The zero-order valence-corrected chi connectivity index (χ0v) is 10.9. The van der Waals surface area contributed by atoms with E-state index in [0.717, 1.165) is 4.90 Å². The fourth-order valence-corrected chi connectivity index (χ4v) is 2.66. The SMILES string of the molecule is O=C(Nc1ccc2c(c1)OCO2)c1cc(S)cs1. The number of ether oxygens (including phenoxy) is 2. The van der Waals surface area contributed by atoms with Gasteiger partial charge in [0.15, 0.2) is 11.5 Å². The molecule has 0 radical (unpaired) electrons. The lowest BCUT2D eigenvalue weighted by Crippen LogP contribution is -2.09. The van der Waals surface area contributed by atoms with E-state index in [-0.39, 0.29) is 12.7 Å². The number of carbonyl (C=O) groups excluding carboxylic acids is 1. The van der Waals surface area contributed by atoms with Crippen LogP contribution in [0.15, 0.2) is 34.5 Å². The molecule has 92 valence electrons. The van der Waals surface area contributed by atoms with Gasteiger partial charge in [-0.15, -0.1) is 24.0 Å². The van der Waals surface area contributed by atoms with Crippen molar-refractivity contribution in [3.63, 3.8) is 0 Å². The van der Waals surface area contributed by atoms with Gasteiger partial charge in [-0.1, -0.05) is 0 Å². The average Bonchev–Trinajstić information content (AvgIpc) is 2.96. The molecule has 6 heteroatoms. The van der Waals surface area contributed by atoms with E-state index >= 15 is 0 Å². The van der Waals surface area contributed by atoms with Crippen LogP contribution in [0.25, 0.3) is 0 Å². The quantitative estimate of drug-likeness (QED) is 0.831. The lowest BCUT2D eigenvalue weighted by atomic mass is 10.2. The van der Waals surface area contributed by atoms with Gasteiger partial charge in [-0.3, -0.25) is 4.79 Å². The van der Waals surface area contributed by atoms with Gasteiger partial charge in [0.1, 0.15) is 0 Å². The fourth-order valence-electron chi connectivity index (χ4n) is 1.61. The minimum Gasteiger partial charge on any atom is -0.454 e. The number of nitrogens with one attached hydrogen (secondary N) is 1. The third-order valence-electron chi connectivity index (χ3n) is 2.44. The molecule has 0 unspecified atom stereocenters. The predicted molar refractivity (Wildman–Crippen MR) is 72.1 cm³/mol. The van der Waals surface area contributed by atoms with Crippen molar-refractivity contribution in [1.29, 1.82) is 0 Å². The highest BCUT2D eigenvalue weighted by Gasteiger charge is 2.15. The number of fused-ring (bicyclic) bond motifs is 1. The molecule has 4 nitrogen and oxygen atoms in total. The summed E-state index contributed by atoms with van der Waals surface area (Å²) in [7, 11) is 0. The summed E-state index contributed by atoms with van der Waals surface area (Å²) in [6, 6.07) is 7.03. The predicted octanol–water partition coefficient (Wildman–Crippen LogP) is 3.02. The van der Waals surface area contributed by atoms with Gasteiger partial charge in [-0.25, -0.2) is 0 Å². The van der Waals surface area contributed by atoms with Crippen LogP contribution in [-0.2, 0) is 0 Å². The molecule has 0 atom stereocenters. The van der Waals surface area contributed by atoms with Crippen molar-refractivity contribution in [2.24, 2.45) is 0 Å². The van der Waals surface area contributed by atoms with E-state index in [9.17, 15) is 4.79 Å². The van der Waals surface area contributed by atoms with Gasteiger partial charge in [-0.05, 0) is 18.2 Å². The van der Waals surface area contributed by atoms with Crippen LogP contribution in [0.2, 0.25) is 0 Å². The largest absolute Gasteiger partial charge is 0.454 e. The summed E-state index contributed by atoms with van der Waals surface area (Å²) < 4.78 is 10.5. The maximum Gasteiger partial charge on any atom is 0.265 e. The van der Waals surface area contributed by atoms with Crippen LogP contribution in [0.5, 0.6) is 11.5 Å². The van der Waals surface area contributed by atoms with Gasteiger partial charge in [0.25, 0.3) is 5.91 Å². The number of rotatable bonds is 2. The summed E-state index contributed by atoms with van der Waals surface area (Å²) >= 11 is 5.53. The molecule has 1 amide bonds. The lowest BCUT2D eigenvalue weighted by Gasteiger charge is -2.04. The van der Waals surface area contributed by atoms with Crippen molar-refractivity contribution in [2.75, 3.05) is 12.1 Å². The van der Waals surface area contributed by atoms with Crippen molar-refractivity contribution in [2.45, 2.75) is 4.90 Å². The second-order valence-corrected chi connectivity index (χ2v) is 5.12. The number of benzene rings is 1. The first-order valence-corrected chi connectivity index (χ1v) is 6.53. The Morgan fingerprint density at radius 3 is 2.89 bits per heavy atom. The topological polar surface area (TPSA) is 47.6 Å². The van der Waals surface area contributed by atoms with Gasteiger partial charge >= 0.3 is 0 Å². The Morgan fingerprint density at radius 2 is 2.11 bits per heavy atom. The molecule has 0 bridgehead atoms. The summed E-state index contributed by atoms with van der Waals surface area (Å²) in [4.78, 5) is 13.3. The van der Waals surface area contributed by atoms with E-state index in [1.165, 1.54) is 11.3 Å². The third-order valence-corrected chi connectivity index (χ3v) is 3.80. The van der Waals surface area contributed by atoms with E-state index in [1.54, 1.807) is 24.3 Å². The highest BCUT2D eigenvalue weighted by molar-refractivity contribution is 7.80. The number of thiol groups is 1. The summed E-state index contributed by atoms with van der Waals surface area (Å²) in [5, 5.41) is 4.62. The first kappa shape index (κ1) is 11.4. The summed E-state index contributed by atoms with van der Waals surface area (Å²) in [5.74, 6) is 1.19. The molecule has 2 heterocycles. The van der Waals surface area contributed by atoms with Crippen molar-refractivity contribution >= 4 is 35.6 Å². The number of hydrogen-bond acceptors (Lipinski definition) is 5. The Morgan fingerprint density at radius 1 is 1.28 bits per heavy atom. The van der Waals surface area contributed by atoms with Crippen LogP contribution in [0.1, 0.15) is 9.67 Å². The van der Waals surface area contributed by atoms with Gasteiger partial charge in [0.2, 0.25) is 6.79 Å². The molecule has 2 aromatic rings. The molecule has 1 aromatic carbocycles. The van der Waals surface area contributed by atoms with Crippen LogP contribution < -0.4 is 14.8 Å². The molecular weight excluding hydrogens is 270 g/mol. The Bertz CT molecular complexity index is 609. The van der Waals surface area contributed by atoms with Crippen LogP contribution in [0, 0.1) is 0 Å². The number of thiophene rings is 1. The van der Waals surface area contributed by atoms with E-state index in [2.05, 4.69) is 17.9 Å². The lowest BCUT2D eigenvalue weighted by molar-refractivity contribution is 0.103. The van der Waals surface area contributed by atoms with Crippen molar-refractivity contribution < 1.29 is 14.3 Å². The third kappa shape index (κ3) is 2.16. The molecule has 1 aliphatic rings. The van der Waals surface area contributed by atoms with Crippen LogP contribution >= 0.6 is 24.0 Å². The number of hydrogen-bond donors (Lipinski definition) is 2. The Balaban J connectivity index is 1.78. The monoisotopic (exact) mass is 279 g/mol. The Labute approximate surface area is 113 Å². The maximum atomic E-state index is 11.9. The first-order valence-electron chi connectivity index (χ1n) is 5.21. The van der Waals surface area contributed by atoms with E-state index in [1.807, 2.05) is 5.38 Å². The molecule has 0 fully saturated rings. The molecule has 1 N–H and O–H groups in total. The zero-order chi connectivity index (χ0) is 12.5. The van der Waals surface area contributed by atoms with Crippen molar-refractivity contribution in [3.8, 4) is 11.5 Å². The van der Waals surface area contributed by atoms with Crippen LogP contribution in [0.3, 0.4) is 0 Å². The van der Waals surface area contributed by atoms with Gasteiger partial charge < -0.3 is 14.8 Å². The highest BCUT2D eigenvalue weighted by atomic mass is 32.1. The number of amides is 1. The van der Waals surface area contributed by atoms with E-state index in [4.69, 9.17) is 9.47 Å².